The van der Waals surface area contributed by atoms with Gasteiger partial charge in [0.15, 0.2) is 0 Å². The van der Waals surface area contributed by atoms with Crippen LogP contribution in [0.5, 0.6) is 0 Å². The van der Waals surface area contributed by atoms with Crippen LogP contribution >= 0.6 is 0 Å². The van der Waals surface area contributed by atoms with E-state index in [4.69, 9.17) is 0 Å². The normalized spacial score (nSPS) is 10.0. The third-order valence-electron chi connectivity index (χ3n) is 3.56. The minimum absolute atomic E-state index is 0.453. The Bertz CT molecular complexity index is 912. The van der Waals surface area contributed by atoms with Crippen LogP contribution in [0.4, 0.5) is 23.1 Å². The van der Waals surface area contributed by atoms with Gasteiger partial charge >= 0.3 is 0 Å². The molecular weight excluding hydrogens is 298 g/mol. The van der Waals surface area contributed by atoms with Crippen LogP contribution in [0, 0.1) is 25.2 Å². The number of nitriles is 1. The summed E-state index contributed by atoms with van der Waals surface area (Å²) >= 11 is 0. The lowest BCUT2D eigenvalue weighted by atomic mass is 10.2. The van der Waals surface area contributed by atoms with E-state index in [2.05, 4.69) is 26.7 Å². The Labute approximate surface area is 141 Å². The summed E-state index contributed by atoms with van der Waals surface area (Å²) in [4.78, 5) is 8.89. The zero-order chi connectivity index (χ0) is 16.9. The van der Waals surface area contributed by atoms with Crippen molar-refractivity contribution in [3.8, 4) is 6.07 Å². The second-order valence-electron chi connectivity index (χ2n) is 5.44. The monoisotopic (exact) mass is 315 g/mol. The molecule has 1 aromatic heterocycles. The number of aromatic nitrogens is 2. The molecule has 0 radical (unpaired) electrons. The van der Waals surface area contributed by atoms with Gasteiger partial charge < -0.3 is 10.6 Å². The van der Waals surface area contributed by atoms with Gasteiger partial charge in [0.2, 0.25) is 5.95 Å². The SMILES string of the molecule is Cc1cc(Nc2ccccc2C)nc(Nc2ccccc2C#N)n1. The number of aryl methyl sites for hydroxylation is 2. The molecule has 2 aromatic carbocycles. The van der Waals surface area contributed by atoms with Gasteiger partial charge in [-0.1, -0.05) is 30.3 Å². The van der Waals surface area contributed by atoms with Gasteiger partial charge in [0.05, 0.1) is 11.3 Å². The van der Waals surface area contributed by atoms with Crippen LogP contribution in [0.3, 0.4) is 0 Å². The van der Waals surface area contributed by atoms with Gasteiger partial charge in [0, 0.05) is 17.4 Å². The summed E-state index contributed by atoms with van der Waals surface area (Å²) in [5.74, 6) is 1.16. The average molecular weight is 315 g/mol. The molecule has 1 heterocycles. The molecule has 0 bridgehead atoms. The molecule has 5 nitrogen and oxygen atoms in total. The number of anilines is 4. The first kappa shape index (κ1) is 15.5. The Kier molecular flexibility index (Phi) is 4.39. The second-order valence-corrected chi connectivity index (χ2v) is 5.44. The molecule has 0 aliphatic heterocycles. The largest absolute Gasteiger partial charge is 0.340 e. The van der Waals surface area contributed by atoms with Crippen LogP contribution in [0.1, 0.15) is 16.8 Å². The highest BCUT2D eigenvalue weighted by atomic mass is 15.1. The molecule has 3 rings (SSSR count). The van der Waals surface area contributed by atoms with Gasteiger partial charge in [-0.25, -0.2) is 4.98 Å². The number of hydrogen-bond acceptors (Lipinski definition) is 5. The van der Waals surface area contributed by atoms with Crippen LogP contribution in [-0.2, 0) is 0 Å². The summed E-state index contributed by atoms with van der Waals surface area (Å²) in [6.45, 7) is 3.95. The molecule has 0 saturated heterocycles. The van der Waals surface area contributed by atoms with Crippen molar-refractivity contribution in [2.75, 3.05) is 10.6 Å². The van der Waals surface area contributed by atoms with Crippen molar-refractivity contribution < 1.29 is 0 Å². The van der Waals surface area contributed by atoms with E-state index in [0.29, 0.717) is 23.0 Å². The molecule has 0 amide bonds. The van der Waals surface area contributed by atoms with Crippen molar-refractivity contribution in [2.45, 2.75) is 13.8 Å². The fourth-order valence-corrected chi connectivity index (χ4v) is 2.35. The lowest BCUT2D eigenvalue weighted by molar-refractivity contribution is 1.11. The highest BCUT2D eigenvalue weighted by Crippen LogP contribution is 2.22. The predicted octanol–water partition coefficient (Wildman–Crippen LogP) is 4.45. The maximum absolute atomic E-state index is 9.19. The number of hydrogen-bond donors (Lipinski definition) is 2. The molecule has 118 valence electrons. The number of nitrogens with zero attached hydrogens (tertiary/aromatic N) is 3. The summed E-state index contributed by atoms with van der Waals surface area (Å²) < 4.78 is 0. The lowest BCUT2D eigenvalue weighted by Gasteiger charge is -2.12. The first-order chi connectivity index (χ1) is 11.7. The second kappa shape index (κ2) is 6.80. The molecule has 0 aliphatic carbocycles. The minimum Gasteiger partial charge on any atom is -0.340 e. The summed E-state index contributed by atoms with van der Waals surface area (Å²) in [7, 11) is 0. The number of nitrogens with one attached hydrogen (secondary N) is 2. The predicted molar refractivity (Wildman–Crippen MR) is 95.7 cm³/mol. The first-order valence-electron chi connectivity index (χ1n) is 7.60. The van der Waals surface area contributed by atoms with E-state index in [1.165, 1.54) is 0 Å². The van der Waals surface area contributed by atoms with Crippen molar-refractivity contribution in [3.05, 3.63) is 71.4 Å². The van der Waals surface area contributed by atoms with Crippen LogP contribution in [0.25, 0.3) is 0 Å². The van der Waals surface area contributed by atoms with Gasteiger partial charge in [-0.2, -0.15) is 10.2 Å². The standard InChI is InChI=1S/C19H17N5/c1-13-7-3-5-9-16(13)22-18-11-14(2)21-19(24-18)23-17-10-6-4-8-15(17)12-20/h3-11H,1-2H3,(H2,21,22,23,24). The highest BCUT2D eigenvalue weighted by Gasteiger charge is 2.07. The molecule has 24 heavy (non-hydrogen) atoms. The molecule has 0 fully saturated rings. The van der Waals surface area contributed by atoms with Gasteiger partial charge in [-0.3, -0.25) is 0 Å². The molecule has 0 spiro atoms. The smallest absolute Gasteiger partial charge is 0.229 e. The van der Waals surface area contributed by atoms with E-state index in [-0.39, 0.29) is 0 Å². The highest BCUT2D eigenvalue weighted by molar-refractivity contribution is 5.65. The van der Waals surface area contributed by atoms with Crippen molar-refractivity contribution in [1.29, 1.82) is 5.26 Å². The molecule has 0 unspecified atom stereocenters. The summed E-state index contributed by atoms with van der Waals surface area (Å²) in [5.41, 5.74) is 4.21. The van der Waals surface area contributed by atoms with Gasteiger partial charge in [-0.05, 0) is 37.6 Å². The van der Waals surface area contributed by atoms with Gasteiger partial charge in [-0.15, -0.1) is 0 Å². The molecule has 0 aliphatic rings. The fourth-order valence-electron chi connectivity index (χ4n) is 2.35. The zero-order valence-electron chi connectivity index (χ0n) is 13.5. The van der Waals surface area contributed by atoms with Crippen molar-refractivity contribution in [3.63, 3.8) is 0 Å². The van der Waals surface area contributed by atoms with Crippen LogP contribution < -0.4 is 10.6 Å². The van der Waals surface area contributed by atoms with Crippen LogP contribution in [-0.4, -0.2) is 9.97 Å². The Morgan fingerprint density at radius 3 is 2.33 bits per heavy atom. The molecule has 0 atom stereocenters. The molecule has 3 aromatic rings. The summed E-state index contributed by atoms with van der Waals surface area (Å²) in [6.07, 6.45) is 0. The topological polar surface area (TPSA) is 73.6 Å². The van der Waals surface area contributed by atoms with Crippen molar-refractivity contribution >= 4 is 23.1 Å². The number of benzene rings is 2. The average Bonchev–Trinajstić information content (AvgIpc) is 2.57. The van der Waals surface area contributed by atoms with E-state index in [1.807, 2.05) is 62.4 Å². The van der Waals surface area contributed by atoms with E-state index < -0.39 is 0 Å². The van der Waals surface area contributed by atoms with Crippen LogP contribution in [0.15, 0.2) is 54.6 Å². The third kappa shape index (κ3) is 3.50. The van der Waals surface area contributed by atoms with E-state index in [9.17, 15) is 5.26 Å². The number of para-hydroxylation sites is 2. The summed E-state index contributed by atoms with van der Waals surface area (Å²) in [6, 6.07) is 19.3. The van der Waals surface area contributed by atoms with Gasteiger partial charge in [0.1, 0.15) is 11.9 Å². The molecule has 5 heteroatoms. The maximum atomic E-state index is 9.19. The Morgan fingerprint density at radius 2 is 1.58 bits per heavy atom. The van der Waals surface area contributed by atoms with Gasteiger partial charge in [0.25, 0.3) is 0 Å². The van der Waals surface area contributed by atoms with Crippen LogP contribution in [0.2, 0.25) is 0 Å². The quantitative estimate of drug-likeness (QED) is 0.744. The van der Waals surface area contributed by atoms with Crippen molar-refractivity contribution in [2.24, 2.45) is 0 Å². The van der Waals surface area contributed by atoms with E-state index in [0.717, 1.165) is 16.9 Å². The Balaban J connectivity index is 1.89. The number of rotatable bonds is 4. The Morgan fingerprint density at radius 1 is 0.875 bits per heavy atom. The first-order valence-corrected chi connectivity index (χ1v) is 7.60. The summed E-state index contributed by atoms with van der Waals surface area (Å²) in [5, 5.41) is 15.6. The fraction of sp³-hybridized carbons (Fsp3) is 0.105. The van der Waals surface area contributed by atoms with E-state index in [1.54, 1.807) is 6.07 Å². The third-order valence-corrected chi connectivity index (χ3v) is 3.56. The minimum atomic E-state index is 0.453. The maximum Gasteiger partial charge on any atom is 0.229 e. The van der Waals surface area contributed by atoms with E-state index >= 15 is 0 Å². The zero-order valence-corrected chi connectivity index (χ0v) is 13.5. The molecule has 2 N–H and O–H groups in total. The molecular formula is C19H17N5. The lowest BCUT2D eigenvalue weighted by Crippen LogP contribution is -2.03. The molecule has 0 saturated carbocycles. The van der Waals surface area contributed by atoms with Crippen molar-refractivity contribution in [1.82, 2.24) is 9.97 Å². The Hall–Kier alpha value is -3.39.